The average Bonchev–Trinajstić information content (AvgIpc) is 3.64. The third-order valence-corrected chi connectivity index (χ3v) is 6.37. The second-order valence-electron chi connectivity index (χ2n) is 8.69. The lowest BCUT2D eigenvalue weighted by Crippen LogP contribution is -2.46. The van der Waals surface area contributed by atoms with E-state index < -0.39 is 6.23 Å². The van der Waals surface area contributed by atoms with Crippen LogP contribution in [0.1, 0.15) is 34.8 Å². The number of nitrogens with zero attached hydrogens (tertiary/aromatic N) is 5. The van der Waals surface area contributed by atoms with Gasteiger partial charge in [-0.05, 0) is 25.8 Å². The van der Waals surface area contributed by atoms with Crippen molar-refractivity contribution in [1.82, 2.24) is 25.2 Å². The minimum Gasteiger partial charge on any atom is -0.482 e. The number of ether oxygens (including phenoxy) is 1. The molecule has 1 aliphatic carbocycles. The highest BCUT2D eigenvalue weighted by molar-refractivity contribution is 5.90. The van der Waals surface area contributed by atoms with Gasteiger partial charge in [-0.3, -0.25) is 14.7 Å². The molecule has 0 bridgehead atoms. The number of anilines is 2. The van der Waals surface area contributed by atoms with Crippen molar-refractivity contribution in [3.05, 3.63) is 35.7 Å². The van der Waals surface area contributed by atoms with Crippen LogP contribution >= 0.6 is 0 Å². The predicted octanol–water partition coefficient (Wildman–Crippen LogP) is 0.763. The van der Waals surface area contributed by atoms with Crippen LogP contribution in [0.3, 0.4) is 0 Å². The normalized spacial score (nSPS) is 23.2. The third-order valence-electron chi connectivity index (χ3n) is 6.37. The fourth-order valence-corrected chi connectivity index (χ4v) is 4.38. The lowest BCUT2D eigenvalue weighted by Gasteiger charge is -2.36. The van der Waals surface area contributed by atoms with E-state index >= 15 is 0 Å². The third kappa shape index (κ3) is 4.20. The number of rotatable bonds is 5. The van der Waals surface area contributed by atoms with E-state index in [2.05, 4.69) is 35.4 Å². The lowest BCUT2D eigenvalue weighted by atomic mass is 10.1. The molecule has 32 heavy (non-hydrogen) atoms. The summed E-state index contributed by atoms with van der Waals surface area (Å²) in [6.45, 7) is 6.09. The predicted molar refractivity (Wildman–Crippen MR) is 119 cm³/mol. The van der Waals surface area contributed by atoms with E-state index in [1.165, 1.54) is 0 Å². The second-order valence-corrected chi connectivity index (χ2v) is 8.69. The number of piperazine rings is 1. The van der Waals surface area contributed by atoms with Crippen molar-refractivity contribution < 1.29 is 14.6 Å². The molecule has 2 fully saturated rings. The van der Waals surface area contributed by atoms with Crippen LogP contribution in [-0.4, -0.2) is 76.4 Å². The number of aliphatic hydroxyl groups excluding tert-OH is 1. The van der Waals surface area contributed by atoms with Gasteiger partial charge in [0.2, 0.25) is 5.82 Å². The second kappa shape index (κ2) is 8.51. The van der Waals surface area contributed by atoms with Gasteiger partial charge in [0, 0.05) is 45.7 Å². The molecular weight excluding hydrogens is 410 g/mol. The Balaban J connectivity index is 1.19. The van der Waals surface area contributed by atoms with Crippen LogP contribution in [0.5, 0.6) is 5.75 Å². The van der Waals surface area contributed by atoms with Gasteiger partial charge in [0.1, 0.15) is 6.10 Å². The first-order valence-electron chi connectivity index (χ1n) is 11.1. The SMILES string of the molecule is CNC(=O)c1ncc(N2CCN(Cc3cc4c(cn3)O[C@@H](C3CC3)C(O)N4)CC2)c(C)n1. The van der Waals surface area contributed by atoms with Crippen LogP contribution < -0.4 is 20.3 Å². The highest BCUT2D eigenvalue weighted by atomic mass is 16.5. The lowest BCUT2D eigenvalue weighted by molar-refractivity contribution is 0.0312. The molecule has 2 atom stereocenters. The van der Waals surface area contributed by atoms with Crippen LogP contribution in [0.25, 0.3) is 0 Å². The number of aromatic nitrogens is 3. The fraction of sp³-hybridized carbons (Fsp3) is 0.545. The number of carbonyl (C=O) groups is 1. The zero-order chi connectivity index (χ0) is 22.2. The number of nitrogens with one attached hydrogen (secondary N) is 2. The first-order valence-corrected chi connectivity index (χ1v) is 11.1. The average molecular weight is 440 g/mol. The van der Waals surface area contributed by atoms with E-state index in [0.717, 1.165) is 74.1 Å². The molecule has 1 unspecified atom stereocenters. The monoisotopic (exact) mass is 439 g/mol. The first-order chi connectivity index (χ1) is 15.5. The summed E-state index contributed by atoms with van der Waals surface area (Å²) in [7, 11) is 1.57. The Hall–Kier alpha value is -2.98. The van der Waals surface area contributed by atoms with Gasteiger partial charge in [-0.2, -0.15) is 0 Å². The zero-order valence-corrected chi connectivity index (χ0v) is 18.4. The van der Waals surface area contributed by atoms with E-state index in [1.807, 2.05) is 13.0 Å². The molecule has 1 saturated carbocycles. The van der Waals surface area contributed by atoms with E-state index in [1.54, 1.807) is 19.4 Å². The van der Waals surface area contributed by atoms with Crippen LogP contribution in [0.4, 0.5) is 11.4 Å². The Kier molecular flexibility index (Phi) is 5.56. The van der Waals surface area contributed by atoms with Gasteiger partial charge in [0.15, 0.2) is 12.0 Å². The maximum absolute atomic E-state index is 11.7. The fourth-order valence-electron chi connectivity index (χ4n) is 4.38. The van der Waals surface area contributed by atoms with Crippen LogP contribution in [0, 0.1) is 12.8 Å². The van der Waals surface area contributed by atoms with Gasteiger partial charge in [-0.1, -0.05) is 0 Å². The standard InChI is InChI=1S/C22H29N7O3/c1-13-17(10-25-20(26-13)22(31)23-2)29-7-5-28(6-8-29)12-15-9-16-18(11-24-15)32-19(14-3-4-14)21(30)27-16/h9-11,14,19,21,27,30H,3-8,12H2,1-2H3,(H,23,31)/t19-,21?/m0/s1. The molecule has 170 valence electrons. The highest BCUT2D eigenvalue weighted by Gasteiger charge is 2.40. The van der Waals surface area contributed by atoms with Crippen LogP contribution in [0.2, 0.25) is 0 Å². The number of hydrogen-bond acceptors (Lipinski definition) is 9. The molecule has 3 aliphatic rings. The van der Waals surface area contributed by atoms with E-state index in [4.69, 9.17) is 4.74 Å². The number of pyridine rings is 1. The summed E-state index contributed by atoms with van der Waals surface area (Å²) < 4.78 is 5.99. The summed E-state index contributed by atoms with van der Waals surface area (Å²) in [5.41, 5.74) is 3.52. The minimum atomic E-state index is -0.672. The summed E-state index contributed by atoms with van der Waals surface area (Å²) in [5.74, 6) is 1.07. The molecule has 2 aromatic rings. The van der Waals surface area contributed by atoms with Gasteiger partial charge in [0.25, 0.3) is 5.91 Å². The van der Waals surface area contributed by atoms with Crippen molar-refractivity contribution in [3.63, 3.8) is 0 Å². The van der Waals surface area contributed by atoms with Gasteiger partial charge >= 0.3 is 0 Å². The topological polar surface area (TPSA) is 116 Å². The quantitative estimate of drug-likeness (QED) is 0.621. The zero-order valence-electron chi connectivity index (χ0n) is 18.4. The largest absolute Gasteiger partial charge is 0.482 e. The number of carbonyl (C=O) groups excluding carboxylic acids is 1. The molecule has 3 N–H and O–H groups in total. The van der Waals surface area contributed by atoms with Crippen molar-refractivity contribution in [2.75, 3.05) is 43.4 Å². The Morgan fingerprint density at radius 2 is 2.03 bits per heavy atom. The molecule has 10 nitrogen and oxygen atoms in total. The number of hydrogen-bond donors (Lipinski definition) is 3. The molecule has 10 heteroatoms. The van der Waals surface area contributed by atoms with E-state index in [0.29, 0.717) is 5.92 Å². The Morgan fingerprint density at radius 3 is 2.72 bits per heavy atom. The van der Waals surface area contributed by atoms with Crippen molar-refractivity contribution in [2.45, 2.75) is 38.6 Å². The number of aryl methyl sites for hydroxylation is 1. The molecule has 1 amide bonds. The molecule has 1 saturated heterocycles. The van der Waals surface area contributed by atoms with Gasteiger partial charge < -0.3 is 25.4 Å². The highest BCUT2D eigenvalue weighted by Crippen LogP contribution is 2.41. The summed E-state index contributed by atoms with van der Waals surface area (Å²) in [5, 5.41) is 16.1. The Morgan fingerprint density at radius 1 is 1.25 bits per heavy atom. The number of amides is 1. The van der Waals surface area contributed by atoms with Crippen molar-refractivity contribution >= 4 is 17.3 Å². The van der Waals surface area contributed by atoms with Gasteiger partial charge in [-0.25, -0.2) is 9.97 Å². The van der Waals surface area contributed by atoms with Crippen LogP contribution in [-0.2, 0) is 6.54 Å². The molecule has 4 heterocycles. The molecule has 5 rings (SSSR count). The summed E-state index contributed by atoms with van der Waals surface area (Å²) in [6.07, 6.45) is 4.87. The molecule has 0 aromatic carbocycles. The summed E-state index contributed by atoms with van der Waals surface area (Å²) >= 11 is 0. The van der Waals surface area contributed by atoms with E-state index in [-0.39, 0.29) is 17.8 Å². The Labute approximate surface area is 187 Å². The minimum absolute atomic E-state index is 0.180. The maximum atomic E-state index is 11.7. The summed E-state index contributed by atoms with van der Waals surface area (Å²) in [4.78, 5) is 29.5. The molecule has 0 spiro atoms. The van der Waals surface area contributed by atoms with Crippen molar-refractivity contribution in [3.8, 4) is 5.75 Å². The van der Waals surface area contributed by atoms with Crippen molar-refractivity contribution in [2.24, 2.45) is 5.92 Å². The van der Waals surface area contributed by atoms with Gasteiger partial charge in [0.05, 0.1) is 35.2 Å². The van der Waals surface area contributed by atoms with Gasteiger partial charge in [-0.15, -0.1) is 0 Å². The van der Waals surface area contributed by atoms with E-state index in [9.17, 15) is 9.90 Å². The Bertz CT molecular complexity index is 1010. The first kappa shape index (κ1) is 20.9. The molecule has 0 radical (unpaired) electrons. The smallest absolute Gasteiger partial charge is 0.288 e. The van der Waals surface area contributed by atoms with Crippen molar-refractivity contribution in [1.29, 1.82) is 0 Å². The van der Waals surface area contributed by atoms with Crippen LogP contribution in [0.15, 0.2) is 18.5 Å². The molecule has 2 aromatic heterocycles. The molecular formula is C22H29N7O3. The summed E-state index contributed by atoms with van der Waals surface area (Å²) in [6, 6.07) is 1.98. The number of aliphatic hydroxyl groups is 1. The molecule has 2 aliphatic heterocycles. The number of fused-ring (bicyclic) bond motifs is 1. The maximum Gasteiger partial charge on any atom is 0.288 e.